The Kier molecular flexibility index (Phi) is 8.94. The van der Waals surface area contributed by atoms with E-state index < -0.39 is 0 Å². The van der Waals surface area contributed by atoms with Crippen molar-refractivity contribution in [3.05, 3.63) is 18.2 Å². The third kappa shape index (κ3) is 4.87. The zero-order chi connectivity index (χ0) is 13.8. The molecule has 1 aliphatic heterocycles. The zero-order valence-electron chi connectivity index (χ0n) is 12.7. The molecule has 0 bridgehead atoms. The number of imidazole rings is 1. The standard InChI is InChI=1S/C14H24N4O.2ClH/c1-3-5-13(15)14(19)18-8-4-6-12(18)10-17-9-7-16-11(17)2;;/h7,9,12-13H,3-6,8,10,15H2,1-2H3;2*1H. The lowest BCUT2D eigenvalue weighted by molar-refractivity contribution is -0.133. The molecule has 1 aromatic heterocycles. The molecule has 1 aromatic rings. The molecule has 122 valence electrons. The number of nitrogens with two attached hydrogens (primary N) is 1. The summed E-state index contributed by atoms with van der Waals surface area (Å²) in [6.07, 6.45) is 7.63. The highest BCUT2D eigenvalue weighted by atomic mass is 35.5. The summed E-state index contributed by atoms with van der Waals surface area (Å²) in [6, 6.07) is -0.0715. The summed E-state index contributed by atoms with van der Waals surface area (Å²) >= 11 is 0. The number of likely N-dealkylation sites (tertiary alicyclic amines) is 1. The van der Waals surface area contributed by atoms with Crippen molar-refractivity contribution in [2.75, 3.05) is 6.54 Å². The summed E-state index contributed by atoms with van der Waals surface area (Å²) in [5.41, 5.74) is 5.96. The van der Waals surface area contributed by atoms with E-state index in [-0.39, 0.29) is 42.8 Å². The number of carbonyl (C=O) groups excluding carboxylic acids is 1. The van der Waals surface area contributed by atoms with E-state index in [1.54, 1.807) is 6.20 Å². The molecule has 1 amide bonds. The van der Waals surface area contributed by atoms with E-state index in [1.807, 2.05) is 18.0 Å². The highest BCUT2D eigenvalue weighted by molar-refractivity contribution is 5.85. The van der Waals surface area contributed by atoms with Crippen LogP contribution in [0, 0.1) is 6.92 Å². The van der Waals surface area contributed by atoms with Crippen LogP contribution >= 0.6 is 24.8 Å². The maximum atomic E-state index is 12.3. The second-order valence-corrected chi connectivity index (χ2v) is 5.35. The van der Waals surface area contributed by atoms with Crippen LogP contribution < -0.4 is 5.73 Å². The Morgan fingerprint density at radius 3 is 2.81 bits per heavy atom. The normalized spacial score (nSPS) is 18.8. The molecule has 0 saturated carbocycles. The predicted molar refractivity (Wildman–Crippen MR) is 89.1 cm³/mol. The van der Waals surface area contributed by atoms with Crippen LogP contribution in [-0.4, -0.2) is 39.0 Å². The first-order chi connectivity index (χ1) is 9.13. The molecular weight excluding hydrogens is 311 g/mol. The number of carbonyl (C=O) groups is 1. The Bertz CT molecular complexity index is 438. The molecule has 1 aliphatic rings. The van der Waals surface area contributed by atoms with E-state index in [4.69, 9.17) is 5.73 Å². The van der Waals surface area contributed by atoms with Crippen LogP contribution in [0.25, 0.3) is 0 Å². The van der Waals surface area contributed by atoms with Gasteiger partial charge in [-0.3, -0.25) is 4.79 Å². The number of hydrogen-bond acceptors (Lipinski definition) is 3. The van der Waals surface area contributed by atoms with Gasteiger partial charge in [0.1, 0.15) is 5.82 Å². The molecule has 2 heterocycles. The van der Waals surface area contributed by atoms with Crippen molar-refractivity contribution >= 4 is 30.7 Å². The SMILES string of the molecule is CCCC(N)C(=O)N1CCCC1Cn1ccnc1C.Cl.Cl. The van der Waals surface area contributed by atoms with Gasteiger partial charge in [-0.15, -0.1) is 24.8 Å². The minimum Gasteiger partial charge on any atom is -0.337 e. The number of amides is 1. The number of aromatic nitrogens is 2. The lowest BCUT2D eigenvalue weighted by Gasteiger charge is -2.28. The van der Waals surface area contributed by atoms with Gasteiger partial charge >= 0.3 is 0 Å². The Balaban J connectivity index is 0.00000200. The Hall–Kier alpha value is -0.780. The maximum absolute atomic E-state index is 12.3. The van der Waals surface area contributed by atoms with Crippen LogP contribution in [0.3, 0.4) is 0 Å². The third-order valence-electron chi connectivity index (χ3n) is 3.91. The van der Waals surface area contributed by atoms with Gasteiger partial charge < -0.3 is 15.2 Å². The van der Waals surface area contributed by atoms with Crippen LogP contribution in [0.5, 0.6) is 0 Å². The van der Waals surface area contributed by atoms with E-state index in [0.29, 0.717) is 0 Å². The fourth-order valence-electron chi connectivity index (χ4n) is 2.79. The molecule has 7 heteroatoms. The van der Waals surface area contributed by atoms with Gasteiger partial charge in [0.05, 0.1) is 6.04 Å². The molecule has 5 nitrogen and oxygen atoms in total. The van der Waals surface area contributed by atoms with Gasteiger partial charge in [0.15, 0.2) is 0 Å². The van der Waals surface area contributed by atoms with Gasteiger partial charge in [-0.25, -0.2) is 4.98 Å². The van der Waals surface area contributed by atoms with Crippen LogP contribution in [0.4, 0.5) is 0 Å². The lowest BCUT2D eigenvalue weighted by Crippen LogP contribution is -2.47. The van der Waals surface area contributed by atoms with E-state index in [2.05, 4.69) is 16.5 Å². The quantitative estimate of drug-likeness (QED) is 0.895. The second kappa shape index (κ2) is 9.28. The van der Waals surface area contributed by atoms with Crippen molar-refractivity contribution in [3.63, 3.8) is 0 Å². The molecule has 1 saturated heterocycles. The van der Waals surface area contributed by atoms with Crippen molar-refractivity contribution in [2.24, 2.45) is 5.73 Å². The van der Waals surface area contributed by atoms with Gasteiger partial charge in [0, 0.05) is 31.5 Å². The van der Waals surface area contributed by atoms with Crippen molar-refractivity contribution in [1.82, 2.24) is 14.5 Å². The molecule has 2 unspecified atom stereocenters. The number of rotatable bonds is 5. The minimum absolute atomic E-state index is 0. The fraction of sp³-hybridized carbons (Fsp3) is 0.714. The lowest BCUT2D eigenvalue weighted by atomic mass is 10.1. The molecule has 2 atom stereocenters. The van der Waals surface area contributed by atoms with E-state index in [9.17, 15) is 4.79 Å². The van der Waals surface area contributed by atoms with Crippen LogP contribution in [0.15, 0.2) is 12.4 Å². The first-order valence-electron chi connectivity index (χ1n) is 7.17. The number of hydrogen-bond donors (Lipinski definition) is 1. The van der Waals surface area contributed by atoms with Gasteiger partial charge in [-0.1, -0.05) is 13.3 Å². The summed E-state index contributed by atoms with van der Waals surface area (Å²) in [4.78, 5) is 18.5. The van der Waals surface area contributed by atoms with Crippen molar-refractivity contribution < 1.29 is 4.79 Å². The van der Waals surface area contributed by atoms with Gasteiger partial charge in [-0.2, -0.15) is 0 Å². The molecule has 1 fully saturated rings. The highest BCUT2D eigenvalue weighted by Crippen LogP contribution is 2.20. The molecule has 0 aliphatic carbocycles. The highest BCUT2D eigenvalue weighted by Gasteiger charge is 2.31. The topological polar surface area (TPSA) is 64.2 Å². The Morgan fingerprint density at radius 2 is 2.24 bits per heavy atom. The van der Waals surface area contributed by atoms with E-state index >= 15 is 0 Å². The van der Waals surface area contributed by atoms with Crippen molar-refractivity contribution in [2.45, 2.75) is 58.2 Å². The molecule has 0 spiro atoms. The molecular formula is C14H26Cl2N4O. The first kappa shape index (κ1) is 20.2. The summed E-state index contributed by atoms with van der Waals surface area (Å²) in [5.74, 6) is 1.11. The molecule has 21 heavy (non-hydrogen) atoms. The van der Waals surface area contributed by atoms with Gasteiger partial charge in [0.25, 0.3) is 0 Å². The summed E-state index contributed by atoms with van der Waals surface area (Å²) < 4.78 is 2.11. The number of halogens is 2. The van der Waals surface area contributed by atoms with Crippen LogP contribution in [0.2, 0.25) is 0 Å². The fourth-order valence-corrected chi connectivity index (χ4v) is 2.79. The molecule has 2 N–H and O–H groups in total. The average molecular weight is 337 g/mol. The summed E-state index contributed by atoms with van der Waals surface area (Å²) in [6.45, 7) is 5.72. The van der Waals surface area contributed by atoms with E-state index in [1.165, 1.54) is 0 Å². The molecule has 2 rings (SSSR count). The van der Waals surface area contributed by atoms with Gasteiger partial charge in [-0.05, 0) is 26.2 Å². The monoisotopic (exact) mass is 336 g/mol. The summed E-state index contributed by atoms with van der Waals surface area (Å²) in [5, 5.41) is 0. The zero-order valence-corrected chi connectivity index (χ0v) is 14.3. The second-order valence-electron chi connectivity index (χ2n) is 5.35. The molecule has 0 aromatic carbocycles. The van der Waals surface area contributed by atoms with Gasteiger partial charge in [0.2, 0.25) is 5.91 Å². The van der Waals surface area contributed by atoms with Crippen LogP contribution in [0.1, 0.15) is 38.4 Å². The van der Waals surface area contributed by atoms with Crippen LogP contribution in [-0.2, 0) is 11.3 Å². The minimum atomic E-state index is -0.338. The third-order valence-corrected chi connectivity index (χ3v) is 3.91. The Labute approximate surface area is 139 Å². The largest absolute Gasteiger partial charge is 0.337 e. The number of nitrogens with zero attached hydrogens (tertiary/aromatic N) is 3. The smallest absolute Gasteiger partial charge is 0.239 e. The van der Waals surface area contributed by atoms with E-state index in [0.717, 1.165) is 44.6 Å². The number of aryl methyl sites for hydroxylation is 1. The van der Waals surface area contributed by atoms with Crippen molar-refractivity contribution in [3.8, 4) is 0 Å². The first-order valence-corrected chi connectivity index (χ1v) is 7.17. The molecule has 0 radical (unpaired) electrons. The van der Waals surface area contributed by atoms with Crippen molar-refractivity contribution in [1.29, 1.82) is 0 Å². The Morgan fingerprint density at radius 1 is 1.52 bits per heavy atom. The average Bonchev–Trinajstić information content (AvgIpc) is 2.99. The maximum Gasteiger partial charge on any atom is 0.239 e. The summed E-state index contributed by atoms with van der Waals surface area (Å²) in [7, 11) is 0. The predicted octanol–water partition coefficient (Wildman–Crippen LogP) is 2.15.